The van der Waals surface area contributed by atoms with Crippen molar-refractivity contribution in [3.8, 4) is 0 Å². The smallest absolute Gasteiger partial charge is 0.0700 e. The van der Waals surface area contributed by atoms with E-state index in [1.807, 2.05) is 7.05 Å². The lowest BCUT2D eigenvalue weighted by Gasteiger charge is -2.30. The maximum Gasteiger partial charge on any atom is 0.0700 e. The van der Waals surface area contributed by atoms with Gasteiger partial charge >= 0.3 is 0 Å². The average molecular weight is 277 g/mol. The first-order valence-electron chi connectivity index (χ1n) is 7.19. The van der Waals surface area contributed by atoms with Crippen LogP contribution in [0.2, 0.25) is 0 Å². The van der Waals surface area contributed by atoms with Gasteiger partial charge in [0.05, 0.1) is 19.8 Å². The summed E-state index contributed by atoms with van der Waals surface area (Å²) in [6, 6.07) is 0. The Bertz CT molecular complexity index is 178. The largest absolute Gasteiger partial charge is 0.394 e. The second-order valence-electron chi connectivity index (χ2n) is 4.72. The van der Waals surface area contributed by atoms with Crippen LogP contribution < -0.4 is 5.32 Å². The predicted molar refractivity (Wildman–Crippen MR) is 76.5 cm³/mol. The Kier molecular flexibility index (Phi) is 12.7. The van der Waals surface area contributed by atoms with Crippen molar-refractivity contribution >= 4 is 0 Å². The summed E-state index contributed by atoms with van der Waals surface area (Å²) < 4.78 is 15.8. The molecule has 116 valence electrons. The summed E-state index contributed by atoms with van der Waals surface area (Å²) in [5.41, 5.74) is -0.146. The van der Waals surface area contributed by atoms with Crippen LogP contribution in [0.1, 0.15) is 32.6 Å². The fourth-order valence-corrected chi connectivity index (χ4v) is 1.87. The van der Waals surface area contributed by atoms with E-state index in [0.29, 0.717) is 13.2 Å². The van der Waals surface area contributed by atoms with Gasteiger partial charge in [0.15, 0.2) is 0 Å². The maximum atomic E-state index is 9.39. The van der Waals surface area contributed by atoms with E-state index in [1.165, 1.54) is 0 Å². The highest BCUT2D eigenvalue weighted by molar-refractivity contribution is 4.84. The Labute approximate surface area is 117 Å². The Hall–Kier alpha value is -0.200. The molecule has 5 heteroatoms. The number of hydrogen-bond donors (Lipinski definition) is 2. The number of hydrogen-bond acceptors (Lipinski definition) is 5. The van der Waals surface area contributed by atoms with Gasteiger partial charge in [0.1, 0.15) is 0 Å². The van der Waals surface area contributed by atoms with Gasteiger partial charge in [-0.05, 0) is 32.7 Å². The van der Waals surface area contributed by atoms with E-state index in [2.05, 4.69) is 12.2 Å². The van der Waals surface area contributed by atoms with E-state index < -0.39 is 0 Å². The molecule has 0 aromatic carbocycles. The van der Waals surface area contributed by atoms with Gasteiger partial charge in [0.25, 0.3) is 0 Å². The molecule has 0 saturated heterocycles. The molecule has 1 atom stereocenters. The normalized spacial score (nSPS) is 14.5. The third kappa shape index (κ3) is 9.35. The summed E-state index contributed by atoms with van der Waals surface area (Å²) in [6.07, 6.45) is 3.72. The molecular weight excluding hydrogens is 246 g/mol. The van der Waals surface area contributed by atoms with Gasteiger partial charge in [0, 0.05) is 32.5 Å². The third-order valence-corrected chi connectivity index (χ3v) is 3.46. The molecule has 0 rings (SSSR count). The summed E-state index contributed by atoms with van der Waals surface area (Å²) in [5, 5.41) is 12.6. The van der Waals surface area contributed by atoms with Gasteiger partial charge in [-0.3, -0.25) is 0 Å². The Morgan fingerprint density at radius 1 is 1.00 bits per heavy atom. The van der Waals surface area contributed by atoms with Gasteiger partial charge in [-0.2, -0.15) is 0 Å². The zero-order chi connectivity index (χ0) is 14.4. The molecule has 5 nitrogen and oxygen atoms in total. The first kappa shape index (κ1) is 18.8. The number of likely N-dealkylation sites (N-methyl/N-ethyl adjacent to an activating group) is 1. The average Bonchev–Trinajstić information content (AvgIpc) is 2.46. The minimum absolute atomic E-state index is 0.146. The number of aliphatic hydroxyl groups is 1. The molecule has 1 unspecified atom stereocenters. The van der Waals surface area contributed by atoms with Crippen molar-refractivity contribution in [2.24, 2.45) is 0 Å². The molecule has 0 fully saturated rings. The van der Waals surface area contributed by atoms with Crippen molar-refractivity contribution in [1.82, 2.24) is 5.32 Å². The van der Waals surface area contributed by atoms with Crippen LogP contribution in [0, 0.1) is 0 Å². The van der Waals surface area contributed by atoms with Crippen molar-refractivity contribution in [3.63, 3.8) is 0 Å². The summed E-state index contributed by atoms with van der Waals surface area (Å²) in [6.45, 7) is 5.74. The molecule has 0 saturated carbocycles. The topological polar surface area (TPSA) is 60.0 Å². The van der Waals surface area contributed by atoms with E-state index >= 15 is 0 Å². The van der Waals surface area contributed by atoms with Gasteiger partial charge in [0.2, 0.25) is 0 Å². The minimum Gasteiger partial charge on any atom is -0.394 e. The standard InChI is InChI=1S/C14H31NO4/c1-4-14(13-16,15-2)7-5-8-18-9-6-10-19-12-11-17-3/h15-16H,4-13H2,1-3H3. The van der Waals surface area contributed by atoms with E-state index in [0.717, 1.165) is 45.5 Å². The molecule has 0 aliphatic rings. The SMILES string of the molecule is CCC(CO)(CCCOCCCOCCOC)NC. The van der Waals surface area contributed by atoms with Crippen molar-refractivity contribution in [2.75, 3.05) is 53.8 Å². The summed E-state index contributed by atoms with van der Waals surface area (Å²) >= 11 is 0. The zero-order valence-electron chi connectivity index (χ0n) is 12.7. The molecule has 0 aliphatic carbocycles. The molecule has 0 heterocycles. The highest BCUT2D eigenvalue weighted by Gasteiger charge is 2.23. The summed E-state index contributed by atoms with van der Waals surface area (Å²) in [5.74, 6) is 0. The molecule has 19 heavy (non-hydrogen) atoms. The van der Waals surface area contributed by atoms with Crippen LogP contribution in [0.25, 0.3) is 0 Å². The highest BCUT2D eigenvalue weighted by Crippen LogP contribution is 2.16. The fourth-order valence-electron chi connectivity index (χ4n) is 1.87. The molecular formula is C14H31NO4. The van der Waals surface area contributed by atoms with Crippen molar-refractivity contribution in [1.29, 1.82) is 0 Å². The molecule has 0 aliphatic heterocycles. The first-order valence-corrected chi connectivity index (χ1v) is 7.19. The van der Waals surface area contributed by atoms with E-state index in [4.69, 9.17) is 14.2 Å². The lowest BCUT2D eigenvalue weighted by atomic mass is 9.92. The molecule has 0 aromatic heterocycles. The first-order chi connectivity index (χ1) is 9.24. The molecule has 0 amide bonds. The summed E-state index contributed by atoms with van der Waals surface area (Å²) in [7, 11) is 3.57. The van der Waals surface area contributed by atoms with Crippen LogP contribution in [0.5, 0.6) is 0 Å². The highest BCUT2D eigenvalue weighted by atomic mass is 16.5. The molecule has 0 spiro atoms. The van der Waals surface area contributed by atoms with Crippen LogP contribution in [-0.2, 0) is 14.2 Å². The number of nitrogens with one attached hydrogen (secondary N) is 1. The van der Waals surface area contributed by atoms with Crippen LogP contribution in [0.3, 0.4) is 0 Å². The molecule has 0 radical (unpaired) electrons. The van der Waals surface area contributed by atoms with Gasteiger partial charge in [-0.1, -0.05) is 6.92 Å². The van der Waals surface area contributed by atoms with Crippen LogP contribution in [0.4, 0.5) is 0 Å². The van der Waals surface area contributed by atoms with Crippen molar-refractivity contribution < 1.29 is 19.3 Å². The Morgan fingerprint density at radius 3 is 2.16 bits per heavy atom. The van der Waals surface area contributed by atoms with Crippen LogP contribution >= 0.6 is 0 Å². The zero-order valence-corrected chi connectivity index (χ0v) is 12.7. The predicted octanol–water partition coefficient (Wildman–Crippen LogP) is 1.20. The van der Waals surface area contributed by atoms with Gasteiger partial charge in [-0.15, -0.1) is 0 Å². The Morgan fingerprint density at radius 2 is 1.63 bits per heavy atom. The number of ether oxygens (including phenoxy) is 3. The Balaban J connectivity index is 3.35. The van der Waals surface area contributed by atoms with Crippen LogP contribution in [0.15, 0.2) is 0 Å². The second-order valence-corrected chi connectivity index (χ2v) is 4.72. The van der Waals surface area contributed by atoms with Crippen molar-refractivity contribution in [2.45, 2.75) is 38.1 Å². The molecule has 2 N–H and O–H groups in total. The minimum atomic E-state index is -0.146. The fraction of sp³-hybridized carbons (Fsp3) is 1.00. The number of aliphatic hydroxyl groups excluding tert-OH is 1. The quantitative estimate of drug-likeness (QED) is 0.467. The number of methoxy groups -OCH3 is 1. The molecule has 0 bridgehead atoms. The van der Waals surface area contributed by atoms with E-state index in [9.17, 15) is 5.11 Å². The van der Waals surface area contributed by atoms with Gasteiger partial charge in [-0.25, -0.2) is 0 Å². The van der Waals surface area contributed by atoms with Crippen LogP contribution in [-0.4, -0.2) is 64.4 Å². The van der Waals surface area contributed by atoms with E-state index in [1.54, 1.807) is 7.11 Å². The lowest BCUT2D eigenvalue weighted by molar-refractivity contribution is 0.0489. The van der Waals surface area contributed by atoms with Crippen molar-refractivity contribution in [3.05, 3.63) is 0 Å². The maximum absolute atomic E-state index is 9.39. The van der Waals surface area contributed by atoms with Gasteiger partial charge < -0.3 is 24.6 Å². The number of rotatable bonds is 14. The second kappa shape index (κ2) is 12.8. The third-order valence-electron chi connectivity index (χ3n) is 3.46. The lowest BCUT2D eigenvalue weighted by Crippen LogP contribution is -2.46. The van der Waals surface area contributed by atoms with E-state index in [-0.39, 0.29) is 12.1 Å². The molecule has 0 aromatic rings. The summed E-state index contributed by atoms with van der Waals surface area (Å²) in [4.78, 5) is 0. The monoisotopic (exact) mass is 277 g/mol.